The van der Waals surface area contributed by atoms with Gasteiger partial charge in [0.1, 0.15) is 0 Å². The summed E-state index contributed by atoms with van der Waals surface area (Å²) in [7, 11) is 3.38. The molecule has 15 heavy (non-hydrogen) atoms. The predicted octanol–water partition coefficient (Wildman–Crippen LogP) is 0.498. The van der Waals surface area contributed by atoms with E-state index in [1.54, 1.807) is 19.0 Å². The molecule has 0 amide bonds. The highest BCUT2D eigenvalue weighted by Gasteiger charge is 2.13. The third-order valence-corrected chi connectivity index (χ3v) is 1.64. The lowest BCUT2D eigenvalue weighted by molar-refractivity contribution is -0.384. The Labute approximate surface area is 86.4 Å². The van der Waals surface area contributed by atoms with Crippen LogP contribution in [0.15, 0.2) is 23.3 Å². The monoisotopic (exact) mass is 209 g/mol. The van der Waals surface area contributed by atoms with E-state index in [9.17, 15) is 10.1 Å². The Morgan fingerprint density at radius 3 is 2.87 bits per heavy atom. The van der Waals surface area contributed by atoms with Crippen LogP contribution in [0.5, 0.6) is 0 Å². The zero-order valence-corrected chi connectivity index (χ0v) is 8.41. The largest absolute Gasteiger partial charge is 0.369 e. The predicted molar refractivity (Wildman–Crippen MR) is 55.9 cm³/mol. The van der Waals surface area contributed by atoms with Crippen molar-refractivity contribution in [2.24, 2.45) is 10.7 Å². The summed E-state index contributed by atoms with van der Waals surface area (Å²) < 4.78 is 0. The highest BCUT2D eigenvalue weighted by molar-refractivity contribution is 5.81. The number of nitro groups is 1. The van der Waals surface area contributed by atoms with Crippen molar-refractivity contribution in [3.05, 3.63) is 28.4 Å². The molecule has 0 saturated heterocycles. The van der Waals surface area contributed by atoms with Crippen molar-refractivity contribution in [1.82, 2.24) is 9.88 Å². The average Bonchev–Trinajstić information content (AvgIpc) is 2.18. The van der Waals surface area contributed by atoms with Crippen molar-refractivity contribution >= 4 is 17.5 Å². The maximum absolute atomic E-state index is 10.6. The summed E-state index contributed by atoms with van der Waals surface area (Å²) >= 11 is 0. The van der Waals surface area contributed by atoms with Gasteiger partial charge in [-0.25, -0.2) is 4.98 Å². The number of hydrogen-bond acceptors (Lipinski definition) is 4. The highest BCUT2D eigenvalue weighted by atomic mass is 16.6. The van der Waals surface area contributed by atoms with Crippen LogP contribution in [0.2, 0.25) is 0 Å². The van der Waals surface area contributed by atoms with E-state index in [-0.39, 0.29) is 17.5 Å². The van der Waals surface area contributed by atoms with E-state index in [1.165, 1.54) is 18.3 Å². The van der Waals surface area contributed by atoms with Gasteiger partial charge in [0.15, 0.2) is 5.96 Å². The molecule has 0 aliphatic rings. The lowest BCUT2D eigenvalue weighted by atomic mass is 10.4. The third kappa shape index (κ3) is 2.63. The van der Waals surface area contributed by atoms with Crippen LogP contribution in [0.3, 0.4) is 0 Å². The Morgan fingerprint density at radius 1 is 1.67 bits per heavy atom. The minimum Gasteiger partial charge on any atom is -0.369 e. The van der Waals surface area contributed by atoms with Gasteiger partial charge in [0, 0.05) is 26.4 Å². The third-order valence-electron chi connectivity index (χ3n) is 1.64. The van der Waals surface area contributed by atoms with Crippen LogP contribution in [-0.2, 0) is 0 Å². The maximum Gasteiger partial charge on any atom is 0.313 e. The quantitative estimate of drug-likeness (QED) is 0.331. The Hall–Kier alpha value is -2.18. The maximum atomic E-state index is 10.6. The first-order valence-corrected chi connectivity index (χ1v) is 4.13. The minimum absolute atomic E-state index is 0.00806. The number of aromatic nitrogens is 1. The molecule has 0 fully saturated rings. The van der Waals surface area contributed by atoms with E-state index in [4.69, 9.17) is 5.73 Å². The first kappa shape index (κ1) is 10.9. The number of hydrogen-bond donors (Lipinski definition) is 1. The normalized spacial score (nSPS) is 11.2. The molecule has 7 heteroatoms. The van der Waals surface area contributed by atoms with Gasteiger partial charge in [-0.15, -0.1) is 0 Å². The minimum atomic E-state index is -0.547. The second-order valence-electron chi connectivity index (χ2n) is 2.97. The van der Waals surface area contributed by atoms with Gasteiger partial charge in [0.25, 0.3) is 0 Å². The van der Waals surface area contributed by atoms with Crippen LogP contribution in [-0.4, -0.2) is 34.9 Å². The SMILES string of the molecule is CN(C)C(N)=Nc1ncccc1[N+](=O)[O-]. The molecular weight excluding hydrogens is 198 g/mol. The summed E-state index contributed by atoms with van der Waals surface area (Å²) in [5.74, 6) is 0.172. The van der Waals surface area contributed by atoms with Crippen LogP contribution in [0.1, 0.15) is 0 Å². The van der Waals surface area contributed by atoms with E-state index in [2.05, 4.69) is 9.98 Å². The van der Waals surface area contributed by atoms with E-state index in [1.807, 2.05) is 0 Å². The van der Waals surface area contributed by atoms with Gasteiger partial charge >= 0.3 is 5.69 Å². The van der Waals surface area contributed by atoms with Crippen molar-refractivity contribution in [3.8, 4) is 0 Å². The molecule has 0 radical (unpaired) electrons. The summed E-state index contributed by atoms with van der Waals surface area (Å²) in [4.78, 5) is 19.2. The molecule has 7 nitrogen and oxygen atoms in total. The van der Waals surface area contributed by atoms with Crippen LogP contribution < -0.4 is 5.73 Å². The van der Waals surface area contributed by atoms with Crippen LogP contribution >= 0.6 is 0 Å². The first-order valence-electron chi connectivity index (χ1n) is 4.13. The average molecular weight is 209 g/mol. The van der Waals surface area contributed by atoms with Crippen LogP contribution in [0.25, 0.3) is 0 Å². The summed E-state index contributed by atoms with van der Waals surface area (Å²) in [5.41, 5.74) is 5.37. The Morgan fingerprint density at radius 2 is 2.33 bits per heavy atom. The van der Waals surface area contributed by atoms with Gasteiger partial charge in [-0.2, -0.15) is 4.99 Å². The number of aliphatic imine (C=N–C) groups is 1. The summed E-state index contributed by atoms with van der Waals surface area (Å²) in [6.45, 7) is 0. The van der Waals surface area contributed by atoms with Gasteiger partial charge in [0.2, 0.25) is 5.82 Å². The van der Waals surface area contributed by atoms with Gasteiger partial charge in [-0.05, 0) is 6.07 Å². The van der Waals surface area contributed by atoms with Crippen molar-refractivity contribution in [1.29, 1.82) is 0 Å². The van der Waals surface area contributed by atoms with Crippen LogP contribution in [0, 0.1) is 10.1 Å². The smallest absolute Gasteiger partial charge is 0.313 e. The first-order chi connectivity index (χ1) is 7.02. The highest BCUT2D eigenvalue weighted by Crippen LogP contribution is 2.23. The fourth-order valence-electron chi connectivity index (χ4n) is 0.826. The second kappa shape index (κ2) is 4.36. The molecule has 1 aromatic rings. The molecule has 1 aromatic heterocycles. The van der Waals surface area contributed by atoms with E-state index < -0.39 is 4.92 Å². The Balaban J connectivity index is 3.15. The fraction of sp³-hybridized carbons (Fsp3) is 0.250. The number of nitrogens with zero attached hydrogens (tertiary/aromatic N) is 4. The molecule has 0 bridgehead atoms. The standard InChI is InChI=1S/C8H11N5O2/c1-12(2)8(9)11-7-6(13(14)15)4-3-5-10-7/h3-5H,1-2H3,(H2,9,10,11). The van der Waals surface area contributed by atoms with Gasteiger partial charge in [-0.1, -0.05) is 0 Å². The number of rotatable bonds is 2. The molecule has 1 rings (SSSR count). The molecule has 1 heterocycles. The summed E-state index contributed by atoms with van der Waals surface area (Å²) in [6, 6.07) is 2.80. The zero-order chi connectivity index (χ0) is 11.4. The van der Waals surface area contributed by atoms with Crippen molar-refractivity contribution < 1.29 is 4.92 Å². The molecule has 0 aliphatic heterocycles. The van der Waals surface area contributed by atoms with E-state index in [0.29, 0.717) is 0 Å². The van der Waals surface area contributed by atoms with Crippen molar-refractivity contribution in [2.75, 3.05) is 14.1 Å². The van der Waals surface area contributed by atoms with Gasteiger partial charge < -0.3 is 10.6 Å². The molecule has 0 spiro atoms. The Bertz CT molecular complexity index is 402. The molecule has 80 valence electrons. The van der Waals surface area contributed by atoms with Crippen molar-refractivity contribution in [3.63, 3.8) is 0 Å². The lowest BCUT2D eigenvalue weighted by Gasteiger charge is -2.09. The van der Waals surface area contributed by atoms with Crippen LogP contribution in [0.4, 0.5) is 11.5 Å². The van der Waals surface area contributed by atoms with Crippen molar-refractivity contribution in [2.45, 2.75) is 0 Å². The Kier molecular flexibility index (Phi) is 3.17. The van der Waals surface area contributed by atoms with E-state index >= 15 is 0 Å². The lowest BCUT2D eigenvalue weighted by Crippen LogP contribution is -2.29. The molecule has 0 saturated carbocycles. The second-order valence-corrected chi connectivity index (χ2v) is 2.97. The fourth-order valence-corrected chi connectivity index (χ4v) is 0.826. The summed E-state index contributed by atoms with van der Waals surface area (Å²) in [5, 5.41) is 10.6. The molecular formula is C8H11N5O2. The number of pyridine rings is 1. The molecule has 2 N–H and O–H groups in total. The zero-order valence-electron chi connectivity index (χ0n) is 8.41. The molecule has 0 atom stereocenters. The number of guanidine groups is 1. The summed E-state index contributed by atoms with van der Waals surface area (Å²) in [6.07, 6.45) is 1.43. The van der Waals surface area contributed by atoms with Gasteiger partial charge in [-0.3, -0.25) is 10.1 Å². The number of nitrogens with two attached hydrogens (primary N) is 1. The molecule has 0 aromatic carbocycles. The molecule has 0 aliphatic carbocycles. The topological polar surface area (TPSA) is 97.7 Å². The van der Waals surface area contributed by atoms with E-state index in [0.717, 1.165) is 0 Å². The molecule has 0 unspecified atom stereocenters. The van der Waals surface area contributed by atoms with Gasteiger partial charge in [0.05, 0.1) is 4.92 Å².